The topological polar surface area (TPSA) is 15.3 Å². The third-order valence-corrected chi connectivity index (χ3v) is 2.91. The molecule has 1 N–H and O–H groups in total. The first-order chi connectivity index (χ1) is 6.24. The van der Waals surface area contributed by atoms with E-state index < -0.39 is 0 Å². The molecule has 1 saturated heterocycles. The van der Waals surface area contributed by atoms with Gasteiger partial charge in [-0.15, -0.1) is 0 Å². The molecule has 0 bridgehead atoms. The van der Waals surface area contributed by atoms with Crippen LogP contribution in [-0.4, -0.2) is 37.6 Å². The maximum Gasteiger partial charge on any atom is 0.0189 e. The van der Waals surface area contributed by atoms with E-state index in [9.17, 15) is 0 Å². The first kappa shape index (κ1) is 10.7. The lowest BCUT2D eigenvalue weighted by Gasteiger charge is -2.31. The zero-order valence-electron chi connectivity index (χ0n) is 8.97. The number of likely N-dealkylation sites (N-methyl/N-ethyl adjacent to an activating group) is 1. The van der Waals surface area contributed by atoms with Crippen LogP contribution in [0.1, 0.15) is 26.2 Å². The van der Waals surface area contributed by atoms with Gasteiger partial charge in [0.05, 0.1) is 0 Å². The predicted molar refractivity (Wildman–Crippen MR) is 58.0 cm³/mol. The van der Waals surface area contributed by atoms with Crippen molar-refractivity contribution >= 4 is 0 Å². The van der Waals surface area contributed by atoms with Gasteiger partial charge in [0.1, 0.15) is 0 Å². The maximum absolute atomic E-state index is 4.05. The highest BCUT2D eigenvalue weighted by Gasteiger charge is 2.17. The van der Waals surface area contributed by atoms with Crippen LogP contribution >= 0.6 is 0 Å². The van der Waals surface area contributed by atoms with E-state index in [4.69, 9.17) is 0 Å². The molecular formula is C11H22N2. The Hall–Kier alpha value is -0.340. The Labute approximate surface area is 82.0 Å². The van der Waals surface area contributed by atoms with Crippen molar-refractivity contribution in [2.45, 2.75) is 32.2 Å². The van der Waals surface area contributed by atoms with E-state index in [2.05, 4.69) is 30.8 Å². The molecule has 0 spiro atoms. The monoisotopic (exact) mass is 182 g/mol. The largest absolute Gasteiger partial charge is 0.317 e. The van der Waals surface area contributed by atoms with Crippen molar-refractivity contribution in [1.29, 1.82) is 0 Å². The predicted octanol–water partition coefficient (Wildman–Crippen LogP) is 1.64. The zero-order valence-corrected chi connectivity index (χ0v) is 8.97. The number of rotatable bonds is 4. The minimum absolute atomic E-state index is 0.768. The second kappa shape index (κ2) is 5.40. The molecule has 1 aliphatic heterocycles. The van der Waals surface area contributed by atoms with Gasteiger partial charge in [0.2, 0.25) is 0 Å². The SMILES string of the molecule is C=C(CC)CN(C)C1CCNCC1. The van der Waals surface area contributed by atoms with Gasteiger partial charge in [-0.1, -0.05) is 19.1 Å². The Kier molecular flexibility index (Phi) is 4.46. The lowest BCUT2D eigenvalue weighted by atomic mass is 10.0. The summed E-state index contributed by atoms with van der Waals surface area (Å²) in [7, 11) is 2.22. The molecule has 0 aliphatic carbocycles. The number of piperidine rings is 1. The fourth-order valence-corrected chi connectivity index (χ4v) is 1.84. The van der Waals surface area contributed by atoms with Gasteiger partial charge in [-0.3, -0.25) is 4.90 Å². The number of nitrogens with one attached hydrogen (secondary N) is 1. The Morgan fingerprint density at radius 2 is 2.08 bits per heavy atom. The molecule has 0 unspecified atom stereocenters. The van der Waals surface area contributed by atoms with Crippen LogP contribution in [-0.2, 0) is 0 Å². The molecule has 0 atom stereocenters. The second-order valence-corrected chi connectivity index (χ2v) is 4.00. The summed E-state index contributed by atoms with van der Waals surface area (Å²) >= 11 is 0. The second-order valence-electron chi connectivity index (χ2n) is 4.00. The molecule has 0 aromatic heterocycles. The molecule has 2 nitrogen and oxygen atoms in total. The smallest absolute Gasteiger partial charge is 0.0189 e. The summed E-state index contributed by atoms with van der Waals surface area (Å²) in [6, 6.07) is 0.768. The van der Waals surface area contributed by atoms with Gasteiger partial charge in [0.25, 0.3) is 0 Å². The zero-order chi connectivity index (χ0) is 9.68. The Balaban J connectivity index is 2.28. The van der Waals surface area contributed by atoms with Crippen molar-refractivity contribution in [3.8, 4) is 0 Å². The normalized spacial score (nSPS) is 19.3. The van der Waals surface area contributed by atoms with Crippen LogP contribution in [0.4, 0.5) is 0 Å². The molecule has 1 rings (SSSR count). The highest BCUT2D eigenvalue weighted by atomic mass is 15.1. The van der Waals surface area contributed by atoms with E-state index in [1.54, 1.807) is 0 Å². The minimum Gasteiger partial charge on any atom is -0.317 e. The average molecular weight is 182 g/mol. The molecule has 0 aromatic rings. The van der Waals surface area contributed by atoms with Crippen LogP contribution in [0.3, 0.4) is 0 Å². The number of hydrogen-bond acceptors (Lipinski definition) is 2. The van der Waals surface area contributed by atoms with Crippen LogP contribution in [0.5, 0.6) is 0 Å². The number of nitrogens with zero attached hydrogens (tertiary/aromatic N) is 1. The molecule has 0 saturated carbocycles. The van der Waals surface area contributed by atoms with Crippen molar-refractivity contribution in [1.82, 2.24) is 10.2 Å². The van der Waals surface area contributed by atoms with Gasteiger partial charge >= 0.3 is 0 Å². The number of hydrogen-bond donors (Lipinski definition) is 1. The summed E-state index contributed by atoms with van der Waals surface area (Å²) < 4.78 is 0. The van der Waals surface area contributed by atoms with Gasteiger partial charge < -0.3 is 5.32 Å². The quantitative estimate of drug-likeness (QED) is 0.665. The lowest BCUT2D eigenvalue weighted by Crippen LogP contribution is -2.41. The Bertz CT molecular complexity index is 159. The summed E-state index contributed by atoms with van der Waals surface area (Å²) in [5, 5.41) is 3.39. The molecule has 1 heterocycles. The van der Waals surface area contributed by atoms with Crippen LogP contribution in [0, 0.1) is 0 Å². The van der Waals surface area contributed by atoms with E-state index in [1.807, 2.05) is 0 Å². The molecule has 0 radical (unpaired) electrons. The van der Waals surface area contributed by atoms with E-state index in [0.717, 1.165) is 19.0 Å². The fourth-order valence-electron chi connectivity index (χ4n) is 1.84. The van der Waals surface area contributed by atoms with Crippen molar-refractivity contribution in [2.75, 3.05) is 26.7 Å². The fraction of sp³-hybridized carbons (Fsp3) is 0.818. The highest BCUT2D eigenvalue weighted by molar-refractivity contribution is 4.96. The van der Waals surface area contributed by atoms with E-state index in [0.29, 0.717) is 0 Å². The first-order valence-corrected chi connectivity index (χ1v) is 5.31. The van der Waals surface area contributed by atoms with Gasteiger partial charge in [-0.05, 0) is 39.4 Å². The van der Waals surface area contributed by atoms with Crippen molar-refractivity contribution in [3.63, 3.8) is 0 Å². The Morgan fingerprint density at radius 1 is 1.46 bits per heavy atom. The van der Waals surface area contributed by atoms with Crippen molar-refractivity contribution < 1.29 is 0 Å². The molecule has 1 aliphatic rings. The van der Waals surface area contributed by atoms with Crippen LogP contribution in [0.2, 0.25) is 0 Å². The van der Waals surface area contributed by atoms with E-state index in [-0.39, 0.29) is 0 Å². The summed E-state index contributed by atoms with van der Waals surface area (Å²) in [5.74, 6) is 0. The maximum atomic E-state index is 4.05. The first-order valence-electron chi connectivity index (χ1n) is 5.31. The summed E-state index contributed by atoms with van der Waals surface area (Å²) in [5.41, 5.74) is 1.35. The van der Waals surface area contributed by atoms with E-state index >= 15 is 0 Å². The van der Waals surface area contributed by atoms with Crippen LogP contribution in [0.15, 0.2) is 12.2 Å². The molecule has 13 heavy (non-hydrogen) atoms. The third-order valence-electron chi connectivity index (χ3n) is 2.91. The average Bonchev–Trinajstić information content (AvgIpc) is 2.19. The summed E-state index contributed by atoms with van der Waals surface area (Å²) in [4.78, 5) is 2.45. The molecule has 2 heteroatoms. The summed E-state index contributed by atoms with van der Waals surface area (Å²) in [6.45, 7) is 9.65. The highest BCUT2D eigenvalue weighted by Crippen LogP contribution is 2.11. The molecule has 76 valence electrons. The van der Waals surface area contributed by atoms with Gasteiger partial charge in [0.15, 0.2) is 0 Å². The van der Waals surface area contributed by atoms with Gasteiger partial charge in [-0.2, -0.15) is 0 Å². The third kappa shape index (κ3) is 3.49. The van der Waals surface area contributed by atoms with Crippen LogP contribution in [0.25, 0.3) is 0 Å². The van der Waals surface area contributed by atoms with Crippen molar-refractivity contribution in [3.05, 3.63) is 12.2 Å². The van der Waals surface area contributed by atoms with Crippen molar-refractivity contribution in [2.24, 2.45) is 0 Å². The molecule has 0 aromatic carbocycles. The Morgan fingerprint density at radius 3 is 2.62 bits per heavy atom. The molecule has 0 amide bonds. The van der Waals surface area contributed by atoms with Gasteiger partial charge in [-0.25, -0.2) is 0 Å². The van der Waals surface area contributed by atoms with Gasteiger partial charge in [0, 0.05) is 12.6 Å². The summed E-state index contributed by atoms with van der Waals surface area (Å²) in [6.07, 6.45) is 3.68. The van der Waals surface area contributed by atoms with Crippen LogP contribution < -0.4 is 5.32 Å². The molecule has 1 fully saturated rings. The standard InChI is InChI=1S/C11H22N2/c1-4-10(2)9-13(3)11-5-7-12-8-6-11/h11-12H,2,4-9H2,1,3H3. The minimum atomic E-state index is 0.768. The molecular weight excluding hydrogens is 160 g/mol. The lowest BCUT2D eigenvalue weighted by molar-refractivity contribution is 0.212. The van der Waals surface area contributed by atoms with E-state index in [1.165, 1.54) is 31.5 Å².